The Morgan fingerprint density at radius 1 is 1.33 bits per heavy atom. The quantitative estimate of drug-likeness (QED) is 0.356. The first-order chi connectivity index (χ1) is 2.56. The van der Waals surface area contributed by atoms with E-state index in [1.807, 2.05) is 0 Å². The Morgan fingerprint density at radius 2 is 1.50 bits per heavy atom. The van der Waals surface area contributed by atoms with Crippen LogP contribution in [0.25, 0.3) is 0 Å². The first-order valence-corrected chi connectivity index (χ1v) is 9.13. The number of halogens is 3. The minimum atomic E-state index is -0.841. The van der Waals surface area contributed by atoms with Crippen LogP contribution in [0.4, 0.5) is 0 Å². The van der Waals surface area contributed by atoms with Crippen LogP contribution in [0.2, 0.25) is 0 Å². The molecule has 0 aliphatic rings. The molecule has 0 saturated heterocycles. The van der Waals surface area contributed by atoms with Crippen molar-refractivity contribution in [2.45, 2.75) is 3.42 Å². The third-order valence-electron chi connectivity index (χ3n) is 0.401. The van der Waals surface area contributed by atoms with Crippen LogP contribution < -0.4 is 0 Å². The summed E-state index contributed by atoms with van der Waals surface area (Å²) >= 11 is 16.0. The predicted octanol–water partition coefficient (Wildman–Crippen LogP) is -0.237. The SMILES string of the molecule is [SiH3][SiH2]C(Cl)(Cl)Cl. The highest BCUT2D eigenvalue weighted by atomic mass is 35.6. The third kappa shape index (κ3) is 5.30. The second-order valence-electron chi connectivity index (χ2n) is 0.969. The lowest BCUT2D eigenvalue weighted by Gasteiger charge is -2.02. The van der Waals surface area contributed by atoms with Crippen molar-refractivity contribution in [3.8, 4) is 0 Å². The first kappa shape index (κ1) is 7.30. The summed E-state index contributed by atoms with van der Waals surface area (Å²) < 4.78 is -0.841. The molecule has 0 aromatic heterocycles. The number of alkyl halides is 3. The lowest BCUT2D eigenvalue weighted by molar-refractivity contribution is 1.74. The van der Waals surface area contributed by atoms with Gasteiger partial charge in [0.2, 0.25) is 0 Å². The second-order valence-corrected chi connectivity index (χ2v) is 8.72. The maximum absolute atomic E-state index is 5.34. The van der Waals surface area contributed by atoms with Crippen LogP contribution in [0.15, 0.2) is 0 Å². The zero-order valence-electron chi connectivity index (χ0n) is 3.34. The molecule has 5 heteroatoms. The Labute approximate surface area is 57.2 Å². The predicted molar refractivity (Wildman–Crippen MR) is 38.8 cm³/mol. The van der Waals surface area contributed by atoms with E-state index in [1.165, 1.54) is 0 Å². The highest BCUT2D eigenvalue weighted by Crippen LogP contribution is 2.22. The minimum Gasteiger partial charge on any atom is -0.0894 e. The molecule has 0 bridgehead atoms. The lowest BCUT2D eigenvalue weighted by Crippen LogP contribution is -2.12. The number of hydrogen-bond donors (Lipinski definition) is 0. The van der Waals surface area contributed by atoms with E-state index in [0.29, 0.717) is 0 Å². The Hall–Kier alpha value is 1.30. The van der Waals surface area contributed by atoms with Crippen molar-refractivity contribution in [2.24, 2.45) is 0 Å². The van der Waals surface area contributed by atoms with Gasteiger partial charge in [-0.05, 0) is 9.76 Å². The molecule has 0 N–H and O–H groups in total. The van der Waals surface area contributed by atoms with Gasteiger partial charge in [0.15, 0.2) is 3.42 Å². The molecule has 0 nitrogen and oxygen atoms in total. The average molecular weight is 180 g/mol. The van der Waals surface area contributed by atoms with Gasteiger partial charge in [0, 0.05) is 0 Å². The molecule has 0 fully saturated rings. The van der Waals surface area contributed by atoms with E-state index < -0.39 is 3.42 Å². The third-order valence-corrected chi connectivity index (χ3v) is 10.8. The van der Waals surface area contributed by atoms with E-state index in [-0.39, 0.29) is 9.04 Å². The lowest BCUT2D eigenvalue weighted by atomic mass is 11.8. The van der Waals surface area contributed by atoms with Gasteiger partial charge < -0.3 is 0 Å². The summed E-state index contributed by atoms with van der Waals surface area (Å²) in [4.78, 5) is 0. The number of rotatable bonds is 0. The highest BCUT2D eigenvalue weighted by Gasteiger charge is 2.14. The van der Waals surface area contributed by atoms with Gasteiger partial charge in [-0.1, -0.05) is 34.8 Å². The minimum absolute atomic E-state index is 0.312. The van der Waals surface area contributed by atoms with Crippen LogP contribution in [0.3, 0.4) is 0 Å². The van der Waals surface area contributed by atoms with Crippen LogP contribution in [-0.2, 0) is 0 Å². The fourth-order valence-corrected chi connectivity index (χ4v) is 0. The van der Waals surface area contributed by atoms with Gasteiger partial charge in [0.1, 0.15) is 0 Å². The molecule has 0 aromatic rings. The summed E-state index contributed by atoms with van der Waals surface area (Å²) in [6, 6.07) is 0. The zero-order valence-corrected chi connectivity index (χ0v) is 9.02. The largest absolute Gasteiger partial charge is 0.166 e. The van der Waals surface area contributed by atoms with Crippen LogP contribution in [-0.4, -0.2) is 22.2 Å². The monoisotopic (exact) mass is 178 g/mol. The molecule has 38 valence electrons. The molecule has 0 aliphatic carbocycles. The molecule has 0 amide bonds. The van der Waals surface area contributed by atoms with Crippen molar-refractivity contribution in [1.82, 2.24) is 0 Å². The van der Waals surface area contributed by atoms with Crippen LogP contribution in [0, 0.1) is 0 Å². The normalized spacial score (nSPS) is 14.5. The van der Waals surface area contributed by atoms with Gasteiger partial charge in [-0.3, -0.25) is 0 Å². The summed E-state index contributed by atoms with van der Waals surface area (Å²) in [5.41, 5.74) is 0. The molecule has 6 heavy (non-hydrogen) atoms. The smallest absolute Gasteiger partial charge is 0.0894 e. The molecule has 0 atom stereocenters. The fraction of sp³-hybridized carbons (Fsp3) is 1.00. The zero-order chi connectivity index (χ0) is 5.21. The van der Waals surface area contributed by atoms with Gasteiger partial charge in [-0.2, -0.15) is 0 Å². The van der Waals surface area contributed by atoms with Crippen LogP contribution in [0.5, 0.6) is 0 Å². The summed E-state index contributed by atoms with van der Waals surface area (Å²) in [7, 11) is 0.779. The van der Waals surface area contributed by atoms with E-state index in [4.69, 9.17) is 34.8 Å². The maximum Gasteiger partial charge on any atom is 0.166 e. The summed E-state index contributed by atoms with van der Waals surface area (Å²) in [5.74, 6) is 0. The molecule has 0 unspecified atom stereocenters. The Kier molecular flexibility index (Phi) is 3.13. The number of hydrogen-bond acceptors (Lipinski definition) is 0. The van der Waals surface area contributed by atoms with Gasteiger partial charge in [0.25, 0.3) is 0 Å². The van der Waals surface area contributed by atoms with Crippen molar-refractivity contribution >= 4 is 53.6 Å². The first-order valence-electron chi connectivity index (χ1n) is 1.63. The topological polar surface area (TPSA) is 0 Å². The Bertz CT molecular complexity index is 38.5. The molecule has 0 saturated carbocycles. The maximum atomic E-state index is 5.34. The van der Waals surface area contributed by atoms with Crippen molar-refractivity contribution in [3.05, 3.63) is 0 Å². The summed E-state index contributed by atoms with van der Waals surface area (Å²) in [6.45, 7) is 0. The summed E-state index contributed by atoms with van der Waals surface area (Å²) in [6.07, 6.45) is 0. The molecular weight excluding hydrogens is 175 g/mol. The Morgan fingerprint density at radius 3 is 1.50 bits per heavy atom. The summed E-state index contributed by atoms with van der Waals surface area (Å²) in [5, 5.41) is 0. The Balaban J connectivity index is 3.17. The molecule has 0 rings (SSSR count). The fourth-order valence-electron chi connectivity index (χ4n) is 0. The highest BCUT2D eigenvalue weighted by molar-refractivity contribution is 7.06. The molecule has 0 spiro atoms. The van der Waals surface area contributed by atoms with E-state index in [1.54, 1.807) is 0 Å². The van der Waals surface area contributed by atoms with Crippen LogP contribution in [0.1, 0.15) is 0 Å². The van der Waals surface area contributed by atoms with E-state index in [2.05, 4.69) is 0 Å². The van der Waals surface area contributed by atoms with E-state index >= 15 is 0 Å². The van der Waals surface area contributed by atoms with Crippen molar-refractivity contribution in [2.75, 3.05) is 0 Å². The standard InChI is InChI=1S/CH5Cl3Si2/c2-1(3,4)6-5/h6H2,5H3. The van der Waals surface area contributed by atoms with Crippen molar-refractivity contribution < 1.29 is 0 Å². The molecule has 0 aliphatic heterocycles. The molecule has 0 heterocycles. The molecule has 0 radical (unpaired) electrons. The van der Waals surface area contributed by atoms with Gasteiger partial charge >= 0.3 is 0 Å². The van der Waals surface area contributed by atoms with Gasteiger partial charge in [-0.15, -0.1) is 0 Å². The van der Waals surface area contributed by atoms with Gasteiger partial charge in [0.05, 0.1) is 9.04 Å². The van der Waals surface area contributed by atoms with Crippen LogP contribution >= 0.6 is 34.8 Å². The molecular formula is CH5Cl3Si2. The molecule has 0 aromatic carbocycles. The average Bonchev–Trinajstić information content (AvgIpc) is 1.35. The van der Waals surface area contributed by atoms with Crippen molar-refractivity contribution in [3.63, 3.8) is 0 Å². The van der Waals surface area contributed by atoms with Gasteiger partial charge in [-0.25, -0.2) is 0 Å². The van der Waals surface area contributed by atoms with Crippen molar-refractivity contribution in [1.29, 1.82) is 0 Å². The second kappa shape index (κ2) is 2.57. The van der Waals surface area contributed by atoms with E-state index in [0.717, 1.165) is 9.76 Å². The van der Waals surface area contributed by atoms with E-state index in [9.17, 15) is 0 Å².